The molecule has 0 fully saturated rings. The minimum Gasteiger partial charge on any atom is -0.487 e. The lowest BCUT2D eigenvalue weighted by Gasteiger charge is -2.38. The summed E-state index contributed by atoms with van der Waals surface area (Å²) in [6, 6.07) is -0.590. The van der Waals surface area contributed by atoms with Gasteiger partial charge in [0.05, 0.1) is 0 Å². The number of benzene rings is 1. The van der Waals surface area contributed by atoms with Crippen molar-refractivity contribution in [1.29, 1.82) is 0 Å². The third-order valence-electron chi connectivity index (χ3n) is 8.98. The molecular weight excluding hydrogens is 502 g/mol. The van der Waals surface area contributed by atoms with Crippen LogP contribution in [0.2, 0.25) is 0 Å². The van der Waals surface area contributed by atoms with Crippen LogP contribution in [-0.2, 0) is 11.2 Å². The quantitative estimate of drug-likeness (QED) is 0.152. The van der Waals surface area contributed by atoms with E-state index >= 15 is 0 Å². The number of carbonyl (C=O) groups is 1. The summed E-state index contributed by atoms with van der Waals surface area (Å²) in [6.07, 6.45) is 16.4. The molecule has 5 heteroatoms. The molecule has 39 heavy (non-hydrogen) atoms. The minimum absolute atomic E-state index is 0.139. The van der Waals surface area contributed by atoms with Gasteiger partial charge in [0.25, 0.3) is 0 Å². The Morgan fingerprint density at radius 2 is 1.51 bits per heavy atom. The van der Waals surface area contributed by atoms with Crippen molar-refractivity contribution < 1.29 is 14.3 Å². The van der Waals surface area contributed by atoms with Gasteiger partial charge in [0, 0.05) is 5.56 Å². The first kappa shape index (κ1) is 34.0. The molecular formula is C34H59NO3S. The highest BCUT2D eigenvalue weighted by molar-refractivity contribution is 7.98. The maximum Gasteiger partial charge on any atom is 0.328 e. The third kappa shape index (κ3) is 10.6. The van der Waals surface area contributed by atoms with E-state index in [1.165, 1.54) is 56.9 Å². The molecule has 1 aliphatic rings. The number of nitrogens with two attached hydrogens (primary N) is 1. The summed E-state index contributed by atoms with van der Waals surface area (Å²) in [6.45, 7) is 18.0. The van der Waals surface area contributed by atoms with Crippen LogP contribution >= 0.6 is 11.8 Å². The Labute approximate surface area is 244 Å². The molecule has 4 nitrogen and oxygen atoms in total. The van der Waals surface area contributed by atoms with Crippen molar-refractivity contribution in [2.24, 2.45) is 23.5 Å². The molecule has 1 unspecified atom stereocenters. The Kier molecular flexibility index (Phi) is 14.2. The first-order valence-electron chi connectivity index (χ1n) is 15.7. The average Bonchev–Trinajstić information content (AvgIpc) is 2.87. The molecule has 1 aromatic carbocycles. The predicted molar refractivity (Wildman–Crippen MR) is 169 cm³/mol. The Bertz CT molecular complexity index is 914. The van der Waals surface area contributed by atoms with E-state index in [1.54, 1.807) is 11.8 Å². The normalized spacial score (nSPS) is 19.4. The van der Waals surface area contributed by atoms with E-state index in [4.69, 9.17) is 15.2 Å². The molecule has 0 aliphatic carbocycles. The van der Waals surface area contributed by atoms with Crippen LogP contribution in [-0.4, -0.2) is 29.6 Å². The number of esters is 1. The second-order valence-electron chi connectivity index (χ2n) is 13.2. The Morgan fingerprint density at radius 1 is 0.923 bits per heavy atom. The largest absolute Gasteiger partial charge is 0.487 e. The van der Waals surface area contributed by atoms with Gasteiger partial charge in [-0.05, 0) is 106 Å². The van der Waals surface area contributed by atoms with Crippen LogP contribution < -0.4 is 15.2 Å². The van der Waals surface area contributed by atoms with Gasteiger partial charge in [0.1, 0.15) is 23.1 Å². The van der Waals surface area contributed by atoms with Crippen molar-refractivity contribution in [1.82, 2.24) is 0 Å². The minimum atomic E-state index is -0.590. The highest BCUT2D eigenvalue weighted by Crippen LogP contribution is 2.45. The molecule has 1 heterocycles. The average molecular weight is 562 g/mol. The second-order valence-corrected chi connectivity index (χ2v) is 14.2. The molecule has 0 saturated heterocycles. The standard InChI is InChI=1S/C34H59NO3S/c1-23(2)13-10-14-24(3)15-11-16-25(4)17-12-20-34(8)21-18-29-28(7)31(26(5)27(6)32(29)38-34)37-33(36)30(35)19-22-39-9/h23-25,30H,10-22,35H2,1-9H3/t24-,25-,30?,34-/m1/s1. The molecule has 224 valence electrons. The van der Waals surface area contributed by atoms with E-state index in [0.29, 0.717) is 12.2 Å². The van der Waals surface area contributed by atoms with Crippen LogP contribution in [0.1, 0.15) is 128 Å². The number of ether oxygens (including phenoxy) is 2. The molecule has 0 radical (unpaired) electrons. The number of rotatable bonds is 17. The number of hydrogen-bond acceptors (Lipinski definition) is 5. The fourth-order valence-corrected chi connectivity index (χ4v) is 6.44. The third-order valence-corrected chi connectivity index (χ3v) is 9.62. The Morgan fingerprint density at radius 3 is 2.10 bits per heavy atom. The van der Waals surface area contributed by atoms with Gasteiger partial charge in [-0.3, -0.25) is 0 Å². The van der Waals surface area contributed by atoms with Crippen molar-refractivity contribution in [3.05, 3.63) is 22.3 Å². The maximum atomic E-state index is 12.7. The number of hydrogen-bond donors (Lipinski definition) is 1. The summed E-state index contributed by atoms with van der Waals surface area (Å²) in [5.41, 5.74) is 10.2. The lowest BCUT2D eigenvalue weighted by molar-refractivity contribution is -0.136. The number of fused-ring (bicyclic) bond motifs is 1. The van der Waals surface area contributed by atoms with Crippen LogP contribution in [0.5, 0.6) is 11.5 Å². The van der Waals surface area contributed by atoms with E-state index < -0.39 is 6.04 Å². The van der Waals surface area contributed by atoms with E-state index in [-0.39, 0.29) is 11.6 Å². The molecule has 4 atom stereocenters. The molecule has 2 N–H and O–H groups in total. The van der Waals surface area contributed by atoms with Crippen LogP contribution in [0.4, 0.5) is 0 Å². The van der Waals surface area contributed by atoms with Crippen molar-refractivity contribution in [3.8, 4) is 11.5 Å². The fourth-order valence-electron chi connectivity index (χ4n) is 5.95. The summed E-state index contributed by atoms with van der Waals surface area (Å²) in [7, 11) is 0. The van der Waals surface area contributed by atoms with Gasteiger partial charge in [-0.15, -0.1) is 0 Å². The first-order chi connectivity index (χ1) is 18.4. The van der Waals surface area contributed by atoms with Crippen molar-refractivity contribution in [3.63, 3.8) is 0 Å². The zero-order valence-corrected chi connectivity index (χ0v) is 27.5. The molecule has 0 aromatic heterocycles. The molecule has 0 spiro atoms. The molecule has 0 bridgehead atoms. The fraction of sp³-hybridized carbons (Fsp3) is 0.794. The van der Waals surface area contributed by atoms with E-state index in [9.17, 15) is 4.79 Å². The van der Waals surface area contributed by atoms with Gasteiger partial charge >= 0.3 is 5.97 Å². The number of carbonyl (C=O) groups excluding carboxylic acids is 1. The monoisotopic (exact) mass is 561 g/mol. The van der Waals surface area contributed by atoms with Gasteiger partial charge < -0.3 is 15.2 Å². The summed E-state index contributed by atoms with van der Waals surface area (Å²) >= 11 is 1.69. The van der Waals surface area contributed by atoms with Crippen LogP contribution in [0.15, 0.2) is 0 Å². The van der Waals surface area contributed by atoms with Gasteiger partial charge in [0.15, 0.2) is 0 Å². The van der Waals surface area contributed by atoms with E-state index in [2.05, 4.69) is 48.5 Å². The molecule has 1 aliphatic heterocycles. The predicted octanol–water partition coefficient (Wildman–Crippen LogP) is 9.12. The smallest absolute Gasteiger partial charge is 0.328 e. The number of thioether (sulfide) groups is 1. The summed E-state index contributed by atoms with van der Waals surface area (Å²) in [5, 5.41) is 0. The van der Waals surface area contributed by atoms with Crippen molar-refractivity contribution >= 4 is 17.7 Å². The lowest BCUT2D eigenvalue weighted by Crippen LogP contribution is -2.37. The van der Waals surface area contributed by atoms with Crippen LogP contribution in [0.25, 0.3) is 0 Å². The van der Waals surface area contributed by atoms with Crippen molar-refractivity contribution in [2.45, 2.75) is 144 Å². The first-order valence-corrected chi connectivity index (χ1v) is 17.1. The summed E-state index contributed by atoms with van der Waals surface area (Å²) < 4.78 is 12.6. The molecule has 0 amide bonds. The molecule has 0 saturated carbocycles. The van der Waals surface area contributed by atoms with E-state index in [1.807, 2.05) is 13.2 Å². The van der Waals surface area contributed by atoms with E-state index in [0.717, 1.165) is 65.2 Å². The van der Waals surface area contributed by atoms with Gasteiger partial charge in [-0.25, -0.2) is 4.79 Å². The summed E-state index contributed by atoms with van der Waals surface area (Å²) in [4.78, 5) is 12.7. The molecule has 1 aromatic rings. The topological polar surface area (TPSA) is 61.6 Å². The highest BCUT2D eigenvalue weighted by Gasteiger charge is 2.35. The molecule has 2 rings (SSSR count). The van der Waals surface area contributed by atoms with Gasteiger partial charge in [-0.1, -0.05) is 72.6 Å². The Balaban J connectivity index is 1.89. The van der Waals surface area contributed by atoms with Crippen LogP contribution in [0.3, 0.4) is 0 Å². The Hall–Kier alpha value is -1.20. The SMILES string of the molecule is CSCCC(N)C(=O)Oc1c(C)c(C)c2c(c1C)CC[C@@](C)(CCC[C@H](C)CCC[C@H](C)CCCC(C)C)O2. The van der Waals surface area contributed by atoms with Crippen molar-refractivity contribution in [2.75, 3.05) is 12.0 Å². The highest BCUT2D eigenvalue weighted by atomic mass is 32.2. The zero-order chi connectivity index (χ0) is 29.2. The van der Waals surface area contributed by atoms with Crippen LogP contribution in [0, 0.1) is 38.5 Å². The van der Waals surface area contributed by atoms with Gasteiger partial charge in [0.2, 0.25) is 0 Å². The summed E-state index contributed by atoms with van der Waals surface area (Å²) in [5.74, 6) is 4.65. The maximum absolute atomic E-state index is 12.7. The second kappa shape index (κ2) is 16.3. The lowest BCUT2D eigenvalue weighted by atomic mass is 9.83. The zero-order valence-electron chi connectivity index (χ0n) is 26.7. The van der Waals surface area contributed by atoms with Gasteiger partial charge in [-0.2, -0.15) is 11.8 Å².